The molecule has 1 atom stereocenters. The highest BCUT2D eigenvalue weighted by Gasteiger charge is 2.33. The van der Waals surface area contributed by atoms with Crippen LogP contribution in [0.1, 0.15) is 17.2 Å². The quantitative estimate of drug-likeness (QED) is 0.623. The molecule has 152 valence electrons. The minimum atomic E-state index is -0.196. The summed E-state index contributed by atoms with van der Waals surface area (Å²) in [5.41, 5.74) is 2.28. The largest absolute Gasteiger partial charge is 0.733 e. The second-order valence-corrected chi connectivity index (χ2v) is 6.73. The number of rotatable bonds is 4. The molecule has 0 spiro atoms. The molecule has 29 heavy (non-hydrogen) atoms. The number of ether oxygens (including phenoxy) is 4. The molecule has 0 bridgehead atoms. The van der Waals surface area contributed by atoms with E-state index in [0.29, 0.717) is 23.0 Å². The van der Waals surface area contributed by atoms with Crippen molar-refractivity contribution in [3.63, 3.8) is 0 Å². The highest BCUT2D eigenvalue weighted by atomic mass is 16.8. The highest BCUT2D eigenvalue weighted by molar-refractivity contribution is 5.63. The van der Waals surface area contributed by atoms with E-state index in [-0.39, 0.29) is 30.4 Å². The van der Waals surface area contributed by atoms with E-state index in [9.17, 15) is 5.21 Å². The number of hydrogen-bond acceptors (Lipinski definition) is 8. The molecule has 4 rings (SSSR count). The maximum Gasteiger partial charge on any atom is 0.231 e. The standard InChI is InChI=1S/C21H21N2O6/c1-22-10-9-14-12-18-20(29-13-28-18)21(26-2)19(14)17(22)4-3-11-27-16-7-5-15(6-8-16)23(24)25/h5-8,12,17,24H,9-11,13H2,1-2H3/q-1/t17-/m0/s1. The van der Waals surface area contributed by atoms with Gasteiger partial charge in [0.25, 0.3) is 0 Å². The summed E-state index contributed by atoms with van der Waals surface area (Å²) in [7, 11) is 3.65. The lowest BCUT2D eigenvalue weighted by atomic mass is 9.91. The first kappa shape index (κ1) is 19.2. The van der Waals surface area contributed by atoms with E-state index >= 15 is 0 Å². The molecule has 0 radical (unpaired) electrons. The molecule has 1 N–H and O–H groups in total. The minimum Gasteiger partial charge on any atom is -0.733 e. The molecule has 8 heteroatoms. The van der Waals surface area contributed by atoms with Gasteiger partial charge >= 0.3 is 0 Å². The van der Waals surface area contributed by atoms with E-state index < -0.39 is 0 Å². The van der Waals surface area contributed by atoms with Crippen LogP contribution in [0.5, 0.6) is 23.0 Å². The van der Waals surface area contributed by atoms with Gasteiger partial charge in [0.2, 0.25) is 12.5 Å². The molecule has 0 saturated carbocycles. The van der Waals surface area contributed by atoms with Crippen LogP contribution in [0.15, 0.2) is 30.3 Å². The minimum absolute atomic E-state index is 0.134. The summed E-state index contributed by atoms with van der Waals surface area (Å²) in [4.78, 5) is 2.17. The van der Waals surface area contributed by atoms with Crippen LogP contribution in [-0.2, 0) is 6.42 Å². The average molecular weight is 397 g/mol. The Bertz CT molecular complexity index is 948. The fourth-order valence-corrected chi connectivity index (χ4v) is 3.54. The fraction of sp³-hybridized carbons (Fsp3) is 0.333. The Balaban J connectivity index is 1.53. The van der Waals surface area contributed by atoms with Crippen molar-refractivity contribution in [3.8, 4) is 34.8 Å². The zero-order chi connectivity index (χ0) is 20.4. The third-order valence-electron chi connectivity index (χ3n) is 5.00. The van der Waals surface area contributed by atoms with Gasteiger partial charge in [-0.2, -0.15) is 0 Å². The van der Waals surface area contributed by atoms with Crippen LogP contribution in [-0.4, -0.2) is 44.2 Å². The van der Waals surface area contributed by atoms with Gasteiger partial charge in [-0.15, -0.1) is 0 Å². The molecular weight excluding hydrogens is 376 g/mol. The van der Waals surface area contributed by atoms with Crippen LogP contribution in [0.2, 0.25) is 0 Å². The van der Waals surface area contributed by atoms with E-state index in [1.807, 2.05) is 13.1 Å². The van der Waals surface area contributed by atoms with Crippen LogP contribution in [0, 0.1) is 17.0 Å². The summed E-state index contributed by atoms with van der Waals surface area (Å²) < 4.78 is 22.4. The molecule has 2 aliphatic heterocycles. The lowest BCUT2D eigenvalue weighted by molar-refractivity contribution is 0.171. The number of methoxy groups -OCH3 is 1. The summed E-state index contributed by atoms with van der Waals surface area (Å²) in [5.74, 6) is 8.90. The molecule has 0 aromatic heterocycles. The van der Waals surface area contributed by atoms with Crippen LogP contribution in [0.25, 0.3) is 0 Å². The second kappa shape index (κ2) is 8.09. The summed E-state index contributed by atoms with van der Waals surface area (Å²) in [5, 5.41) is 19.5. The number of benzene rings is 2. The van der Waals surface area contributed by atoms with Crippen molar-refractivity contribution in [2.24, 2.45) is 0 Å². The summed E-state index contributed by atoms with van der Waals surface area (Å²) in [6.07, 6.45) is 0.876. The Hall–Kier alpha value is -3.12. The third-order valence-corrected chi connectivity index (χ3v) is 5.00. The average Bonchev–Trinajstić information content (AvgIpc) is 3.19. The van der Waals surface area contributed by atoms with Gasteiger partial charge in [-0.05, 0) is 49.4 Å². The van der Waals surface area contributed by atoms with E-state index in [4.69, 9.17) is 24.2 Å². The Morgan fingerprint density at radius 1 is 1.31 bits per heavy atom. The Kier molecular flexibility index (Phi) is 5.36. The topological polar surface area (TPSA) is 86.7 Å². The van der Waals surface area contributed by atoms with E-state index in [0.717, 1.165) is 24.1 Å². The zero-order valence-corrected chi connectivity index (χ0v) is 16.2. The van der Waals surface area contributed by atoms with Crippen LogP contribution >= 0.6 is 0 Å². The van der Waals surface area contributed by atoms with Crippen LogP contribution in [0.3, 0.4) is 0 Å². The summed E-state index contributed by atoms with van der Waals surface area (Å²) >= 11 is 0. The zero-order valence-electron chi connectivity index (χ0n) is 16.2. The van der Waals surface area contributed by atoms with Crippen molar-refractivity contribution >= 4 is 5.69 Å². The van der Waals surface area contributed by atoms with E-state index in [2.05, 4.69) is 16.7 Å². The summed E-state index contributed by atoms with van der Waals surface area (Å²) in [6.45, 7) is 1.24. The molecule has 2 aliphatic rings. The van der Waals surface area contributed by atoms with E-state index in [1.54, 1.807) is 19.2 Å². The Morgan fingerprint density at radius 3 is 2.83 bits per heavy atom. The first-order valence-electron chi connectivity index (χ1n) is 9.15. The molecule has 0 unspecified atom stereocenters. The number of nitrogens with zero attached hydrogens (tertiary/aromatic N) is 2. The smallest absolute Gasteiger partial charge is 0.231 e. The van der Waals surface area contributed by atoms with Gasteiger partial charge in [0.1, 0.15) is 18.4 Å². The van der Waals surface area contributed by atoms with Gasteiger partial charge in [-0.1, -0.05) is 11.8 Å². The lowest BCUT2D eigenvalue weighted by Gasteiger charge is -2.32. The van der Waals surface area contributed by atoms with Gasteiger partial charge in [0, 0.05) is 12.1 Å². The summed E-state index contributed by atoms with van der Waals surface area (Å²) in [6, 6.07) is 7.99. The Morgan fingerprint density at radius 2 is 2.10 bits per heavy atom. The third kappa shape index (κ3) is 3.76. The first-order chi connectivity index (χ1) is 14.1. The van der Waals surface area contributed by atoms with Crippen molar-refractivity contribution in [2.45, 2.75) is 12.5 Å². The van der Waals surface area contributed by atoms with Crippen molar-refractivity contribution in [2.75, 3.05) is 39.3 Å². The van der Waals surface area contributed by atoms with Crippen molar-refractivity contribution in [1.82, 2.24) is 4.90 Å². The molecule has 8 nitrogen and oxygen atoms in total. The molecule has 0 saturated heterocycles. The fourth-order valence-electron chi connectivity index (χ4n) is 3.54. The van der Waals surface area contributed by atoms with E-state index in [1.165, 1.54) is 12.1 Å². The maximum atomic E-state index is 10.8. The molecule has 2 heterocycles. The van der Waals surface area contributed by atoms with Crippen LogP contribution in [0.4, 0.5) is 5.69 Å². The molecule has 2 aromatic carbocycles. The van der Waals surface area contributed by atoms with Gasteiger partial charge < -0.3 is 29.4 Å². The van der Waals surface area contributed by atoms with Gasteiger partial charge in [-0.25, -0.2) is 0 Å². The number of likely N-dealkylation sites (N-methyl/N-ethyl adjacent to an activating group) is 1. The molecule has 0 fully saturated rings. The normalized spacial score (nSPS) is 17.2. The van der Waals surface area contributed by atoms with Gasteiger partial charge in [-0.3, -0.25) is 10.1 Å². The van der Waals surface area contributed by atoms with Crippen molar-refractivity contribution in [3.05, 3.63) is 46.7 Å². The van der Waals surface area contributed by atoms with Gasteiger partial charge in [0.15, 0.2) is 11.5 Å². The van der Waals surface area contributed by atoms with Crippen molar-refractivity contribution < 1.29 is 24.2 Å². The number of fused-ring (bicyclic) bond motifs is 2. The SMILES string of the molecule is COc1c2c(cc3c1[C@H](C#CCOc1ccc(N([O-])O)cc1)N(C)CC3)OCO2. The van der Waals surface area contributed by atoms with Crippen molar-refractivity contribution in [1.29, 1.82) is 0 Å². The second-order valence-electron chi connectivity index (χ2n) is 6.73. The predicted molar refractivity (Wildman–Crippen MR) is 106 cm³/mol. The lowest BCUT2D eigenvalue weighted by Crippen LogP contribution is -2.31. The molecular formula is C21H21N2O6-. The van der Waals surface area contributed by atoms with Gasteiger partial charge in [0.05, 0.1) is 12.8 Å². The Labute approximate surface area is 168 Å². The monoisotopic (exact) mass is 397 g/mol. The number of anilines is 1. The molecule has 0 amide bonds. The number of hydrogen-bond donors (Lipinski definition) is 1. The molecule has 2 aromatic rings. The molecule has 0 aliphatic carbocycles. The first-order valence-corrected chi connectivity index (χ1v) is 9.15. The van der Waals surface area contributed by atoms with Crippen LogP contribution < -0.4 is 24.2 Å². The highest BCUT2D eigenvalue weighted by Crippen LogP contribution is 2.49. The maximum absolute atomic E-state index is 10.8. The predicted octanol–water partition coefficient (Wildman–Crippen LogP) is 2.73.